The maximum absolute atomic E-state index is 13.4. The van der Waals surface area contributed by atoms with Crippen molar-refractivity contribution in [2.45, 2.75) is 83.7 Å². The molecule has 0 aromatic carbocycles. The van der Waals surface area contributed by atoms with E-state index in [2.05, 4.69) is 10.3 Å². The number of nitrogens with one attached hydrogen (secondary N) is 1. The second-order valence-electron chi connectivity index (χ2n) is 8.27. The number of carbonyl (C=O) groups excluding carboxylic acids is 2. The molecule has 0 bridgehead atoms. The molecule has 2 aliphatic rings. The summed E-state index contributed by atoms with van der Waals surface area (Å²) in [5.41, 5.74) is 0.545. The number of fused-ring (bicyclic) bond motifs is 3. The Morgan fingerprint density at radius 3 is 2.70 bits per heavy atom. The van der Waals surface area contributed by atoms with Crippen LogP contribution in [0.15, 0.2) is 4.79 Å². The fourth-order valence-electron chi connectivity index (χ4n) is 4.75. The van der Waals surface area contributed by atoms with Gasteiger partial charge in [-0.05, 0) is 51.5 Å². The van der Waals surface area contributed by atoms with E-state index in [1.165, 1.54) is 22.3 Å². The molecule has 2 heterocycles. The van der Waals surface area contributed by atoms with Gasteiger partial charge in [-0.15, -0.1) is 11.3 Å². The largest absolute Gasteiger partial charge is 0.466 e. The maximum atomic E-state index is 13.4. The van der Waals surface area contributed by atoms with Crippen molar-refractivity contribution in [3.63, 3.8) is 0 Å². The molecule has 8 heteroatoms. The summed E-state index contributed by atoms with van der Waals surface area (Å²) in [5.74, 6) is -0.333. The zero-order valence-corrected chi connectivity index (χ0v) is 18.5. The van der Waals surface area contributed by atoms with E-state index in [9.17, 15) is 14.4 Å². The predicted octanol–water partition coefficient (Wildman–Crippen LogP) is 3.20. The highest BCUT2D eigenvalue weighted by Crippen LogP contribution is 2.41. The normalized spacial score (nSPS) is 19.5. The van der Waals surface area contributed by atoms with Crippen LogP contribution in [0.2, 0.25) is 0 Å². The number of carbonyl (C=O) groups is 2. The lowest BCUT2D eigenvalue weighted by Crippen LogP contribution is -2.40. The standard InChI is InChI=1S/C22H29N3O4S/c1-3-29-22(28)15-10-7-11-16-18(15)19-20(30-16)23-13(2)25(21(19)27)12-17(26)24-14-8-5-4-6-9-14/h14-15H,3-12H2,1-2H3,(H,24,26). The lowest BCUT2D eigenvalue weighted by atomic mass is 9.86. The second-order valence-corrected chi connectivity index (χ2v) is 9.35. The van der Waals surface area contributed by atoms with Crippen LogP contribution >= 0.6 is 11.3 Å². The molecule has 0 spiro atoms. The van der Waals surface area contributed by atoms with Crippen LogP contribution in [-0.4, -0.2) is 34.1 Å². The number of nitrogens with zero attached hydrogens (tertiary/aromatic N) is 2. The van der Waals surface area contributed by atoms with Crippen LogP contribution in [-0.2, 0) is 27.3 Å². The molecule has 1 saturated carbocycles. The first-order valence-electron chi connectivity index (χ1n) is 11.0. The molecular weight excluding hydrogens is 402 g/mol. The Labute approximate surface area is 179 Å². The van der Waals surface area contributed by atoms with Gasteiger partial charge < -0.3 is 10.1 Å². The Hall–Kier alpha value is -2.22. The van der Waals surface area contributed by atoms with E-state index in [0.717, 1.165) is 49.0 Å². The molecule has 0 aliphatic heterocycles. The molecule has 30 heavy (non-hydrogen) atoms. The molecule has 162 valence electrons. The number of thiophene rings is 1. The lowest BCUT2D eigenvalue weighted by molar-refractivity contribution is -0.145. The summed E-state index contributed by atoms with van der Waals surface area (Å²) in [6.45, 7) is 3.82. The first-order valence-corrected chi connectivity index (χ1v) is 11.8. The van der Waals surface area contributed by atoms with E-state index in [4.69, 9.17) is 4.74 Å². The Kier molecular flexibility index (Phi) is 6.22. The van der Waals surface area contributed by atoms with Gasteiger partial charge in [0.2, 0.25) is 5.91 Å². The van der Waals surface area contributed by atoms with Gasteiger partial charge in [-0.2, -0.15) is 0 Å². The zero-order valence-electron chi connectivity index (χ0n) is 17.7. The number of amides is 1. The predicted molar refractivity (Wildman–Crippen MR) is 116 cm³/mol. The van der Waals surface area contributed by atoms with Crippen LogP contribution in [0, 0.1) is 6.92 Å². The molecule has 0 saturated heterocycles. The number of ether oxygens (including phenoxy) is 1. The minimum atomic E-state index is -0.427. The Morgan fingerprint density at radius 1 is 1.20 bits per heavy atom. The molecule has 1 fully saturated rings. The molecule has 4 rings (SSSR count). The van der Waals surface area contributed by atoms with Crippen molar-refractivity contribution in [2.75, 3.05) is 6.61 Å². The van der Waals surface area contributed by atoms with E-state index in [1.807, 2.05) is 0 Å². The van der Waals surface area contributed by atoms with E-state index >= 15 is 0 Å². The van der Waals surface area contributed by atoms with Crippen molar-refractivity contribution in [1.82, 2.24) is 14.9 Å². The summed E-state index contributed by atoms with van der Waals surface area (Å²) >= 11 is 1.49. The quantitative estimate of drug-likeness (QED) is 0.734. The lowest BCUT2D eigenvalue weighted by Gasteiger charge is -2.23. The first kappa shape index (κ1) is 21.0. The third kappa shape index (κ3) is 4.02. The summed E-state index contributed by atoms with van der Waals surface area (Å²) in [5, 5.41) is 3.56. The molecular formula is C22H29N3O4S. The van der Waals surface area contributed by atoms with E-state index in [0.29, 0.717) is 29.1 Å². The van der Waals surface area contributed by atoms with Gasteiger partial charge in [0.25, 0.3) is 5.56 Å². The number of aryl methyl sites for hydroxylation is 2. The second kappa shape index (κ2) is 8.88. The van der Waals surface area contributed by atoms with Crippen LogP contribution in [0.1, 0.15) is 74.1 Å². The number of hydrogen-bond donors (Lipinski definition) is 1. The molecule has 1 unspecified atom stereocenters. The average molecular weight is 432 g/mol. The summed E-state index contributed by atoms with van der Waals surface area (Å²) in [7, 11) is 0. The molecule has 1 atom stereocenters. The van der Waals surface area contributed by atoms with Crippen molar-refractivity contribution in [3.8, 4) is 0 Å². The number of aromatic nitrogens is 2. The maximum Gasteiger partial charge on any atom is 0.313 e. The summed E-state index contributed by atoms with van der Waals surface area (Å²) in [6, 6.07) is 0.195. The molecule has 0 radical (unpaired) electrons. The molecule has 1 N–H and O–H groups in total. The highest BCUT2D eigenvalue weighted by molar-refractivity contribution is 7.18. The molecule has 7 nitrogen and oxygen atoms in total. The fourth-order valence-corrected chi connectivity index (χ4v) is 6.06. The third-order valence-electron chi connectivity index (χ3n) is 6.20. The van der Waals surface area contributed by atoms with E-state index < -0.39 is 5.92 Å². The van der Waals surface area contributed by atoms with Crippen LogP contribution in [0.4, 0.5) is 0 Å². The van der Waals surface area contributed by atoms with Crippen LogP contribution < -0.4 is 10.9 Å². The van der Waals surface area contributed by atoms with Gasteiger partial charge in [-0.25, -0.2) is 4.98 Å². The van der Waals surface area contributed by atoms with E-state index in [1.54, 1.807) is 13.8 Å². The highest BCUT2D eigenvalue weighted by Gasteiger charge is 2.33. The van der Waals surface area contributed by atoms with Gasteiger partial charge in [0.15, 0.2) is 0 Å². The van der Waals surface area contributed by atoms with Gasteiger partial charge >= 0.3 is 5.97 Å². The summed E-state index contributed by atoms with van der Waals surface area (Å²) in [6.07, 6.45) is 7.88. The Bertz CT molecular complexity index is 1020. The van der Waals surface area contributed by atoms with Gasteiger partial charge in [-0.1, -0.05) is 19.3 Å². The van der Waals surface area contributed by atoms with Gasteiger partial charge in [-0.3, -0.25) is 19.0 Å². The Morgan fingerprint density at radius 2 is 1.97 bits per heavy atom. The van der Waals surface area contributed by atoms with Gasteiger partial charge in [0.1, 0.15) is 17.2 Å². The first-order chi connectivity index (χ1) is 14.5. The number of rotatable bonds is 5. The highest BCUT2D eigenvalue weighted by atomic mass is 32.1. The molecule has 2 aliphatic carbocycles. The Balaban J connectivity index is 1.68. The molecule has 1 amide bonds. The van der Waals surface area contributed by atoms with Crippen molar-refractivity contribution < 1.29 is 14.3 Å². The minimum Gasteiger partial charge on any atom is -0.466 e. The zero-order chi connectivity index (χ0) is 21.3. The van der Waals surface area contributed by atoms with Crippen LogP contribution in [0.25, 0.3) is 10.2 Å². The van der Waals surface area contributed by atoms with E-state index in [-0.39, 0.29) is 30.0 Å². The van der Waals surface area contributed by atoms with Gasteiger partial charge in [0, 0.05) is 10.9 Å². The third-order valence-corrected chi connectivity index (χ3v) is 7.36. The number of hydrogen-bond acceptors (Lipinski definition) is 6. The van der Waals surface area contributed by atoms with Gasteiger partial charge in [0.05, 0.1) is 17.9 Å². The summed E-state index contributed by atoms with van der Waals surface area (Å²) < 4.78 is 6.72. The fraction of sp³-hybridized carbons (Fsp3) is 0.636. The number of esters is 1. The van der Waals surface area contributed by atoms with Crippen molar-refractivity contribution in [2.24, 2.45) is 0 Å². The molecule has 2 aromatic rings. The SMILES string of the molecule is CCOC(=O)C1CCCc2sc3nc(C)n(CC(=O)NC4CCCCC4)c(=O)c3c21. The van der Waals surface area contributed by atoms with Crippen molar-refractivity contribution in [3.05, 3.63) is 26.6 Å². The smallest absolute Gasteiger partial charge is 0.313 e. The van der Waals surface area contributed by atoms with Crippen molar-refractivity contribution in [1.29, 1.82) is 0 Å². The van der Waals surface area contributed by atoms with Crippen molar-refractivity contribution >= 4 is 33.4 Å². The molecule has 2 aromatic heterocycles. The average Bonchev–Trinajstić information content (AvgIpc) is 3.10. The minimum absolute atomic E-state index is 0.0429. The topological polar surface area (TPSA) is 90.3 Å². The monoisotopic (exact) mass is 431 g/mol. The summed E-state index contributed by atoms with van der Waals surface area (Å²) in [4.78, 5) is 45.0. The van der Waals surface area contributed by atoms with Crippen LogP contribution in [0.5, 0.6) is 0 Å². The van der Waals surface area contributed by atoms with Crippen LogP contribution in [0.3, 0.4) is 0 Å².